The monoisotopic (exact) mass is 315 g/mol. The Balaban J connectivity index is 2.92. The smallest absolute Gasteiger partial charge is 0.328 e. The lowest BCUT2D eigenvalue weighted by Gasteiger charge is -2.16. The molecule has 1 unspecified atom stereocenters. The van der Waals surface area contributed by atoms with E-state index in [-0.39, 0.29) is 6.61 Å². The topological polar surface area (TPSA) is 98.8 Å². The SMILES string of the molecule is CCOC(=O)CS(=O)(=O)NC(C(=O)OC)c1ccccc1. The van der Waals surface area contributed by atoms with Gasteiger partial charge in [0.2, 0.25) is 10.0 Å². The Kier molecular flexibility index (Phi) is 6.32. The van der Waals surface area contributed by atoms with Gasteiger partial charge in [0.1, 0.15) is 6.04 Å². The van der Waals surface area contributed by atoms with Crippen LogP contribution in [0.1, 0.15) is 18.5 Å². The van der Waals surface area contributed by atoms with E-state index >= 15 is 0 Å². The molecular weight excluding hydrogens is 298 g/mol. The Morgan fingerprint density at radius 1 is 1.24 bits per heavy atom. The normalized spacial score (nSPS) is 12.5. The number of carbonyl (C=O) groups excluding carboxylic acids is 2. The molecule has 1 rings (SSSR count). The minimum Gasteiger partial charge on any atom is -0.468 e. The molecular formula is C13H17NO6S. The summed E-state index contributed by atoms with van der Waals surface area (Å²) in [6.45, 7) is 1.65. The zero-order valence-corrected chi connectivity index (χ0v) is 12.6. The van der Waals surface area contributed by atoms with Gasteiger partial charge in [0.15, 0.2) is 5.75 Å². The van der Waals surface area contributed by atoms with Crippen LogP contribution in [0.3, 0.4) is 0 Å². The van der Waals surface area contributed by atoms with Gasteiger partial charge >= 0.3 is 11.9 Å². The Labute approximate surface area is 123 Å². The van der Waals surface area contributed by atoms with Crippen molar-refractivity contribution in [2.24, 2.45) is 0 Å². The summed E-state index contributed by atoms with van der Waals surface area (Å²) in [5.41, 5.74) is 0.414. The van der Waals surface area contributed by atoms with Crippen LogP contribution in [-0.2, 0) is 29.1 Å². The van der Waals surface area contributed by atoms with E-state index in [0.717, 1.165) is 7.11 Å². The van der Waals surface area contributed by atoms with Crippen molar-refractivity contribution in [3.63, 3.8) is 0 Å². The molecule has 1 aromatic carbocycles. The van der Waals surface area contributed by atoms with Crippen molar-refractivity contribution in [1.29, 1.82) is 0 Å². The van der Waals surface area contributed by atoms with E-state index in [4.69, 9.17) is 0 Å². The molecule has 0 fully saturated rings. The molecule has 1 N–H and O–H groups in total. The number of hydrogen-bond donors (Lipinski definition) is 1. The van der Waals surface area contributed by atoms with Gasteiger partial charge in [-0.1, -0.05) is 30.3 Å². The molecule has 0 saturated carbocycles. The number of sulfonamides is 1. The molecule has 8 heteroatoms. The molecule has 0 amide bonds. The molecule has 7 nitrogen and oxygen atoms in total. The van der Waals surface area contributed by atoms with Crippen LogP contribution in [0.4, 0.5) is 0 Å². The molecule has 0 aliphatic heterocycles. The van der Waals surface area contributed by atoms with Crippen LogP contribution in [0.5, 0.6) is 0 Å². The lowest BCUT2D eigenvalue weighted by Crippen LogP contribution is -2.38. The summed E-state index contributed by atoms with van der Waals surface area (Å²) >= 11 is 0. The van der Waals surface area contributed by atoms with Gasteiger partial charge in [-0.3, -0.25) is 4.79 Å². The molecule has 0 aromatic heterocycles. The van der Waals surface area contributed by atoms with Crippen LogP contribution < -0.4 is 4.72 Å². The molecule has 1 atom stereocenters. The van der Waals surface area contributed by atoms with Gasteiger partial charge in [0.05, 0.1) is 13.7 Å². The first-order chi connectivity index (χ1) is 9.89. The van der Waals surface area contributed by atoms with E-state index in [2.05, 4.69) is 14.2 Å². The number of carbonyl (C=O) groups is 2. The maximum atomic E-state index is 11.9. The highest BCUT2D eigenvalue weighted by Gasteiger charge is 2.28. The number of esters is 2. The third-order valence-electron chi connectivity index (χ3n) is 2.48. The number of rotatable bonds is 7. The Morgan fingerprint density at radius 2 is 1.86 bits per heavy atom. The molecule has 0 aliphatic rings. The zero-order valence-electron chi connectivity index (χ0n) is 11.7. The third kappa shape index (κ3) is 5.52. The van der Waals surface area contributed by atoms with E-state index in [1.54, 1.807) is 37.3 Å². The van der Waals surface area contributed by atoms with E-state index in [9.17, 15) is 18.0 Å². The number of nitrogens with one attached hydrogen (secondary N) is 1. The standard InChI is InChI=1S/C13H17NO6S/c1-3-20-11(15)9-21(17,18)14-12(13(16)19-2)10-7-5-4-6-8-10/h4-8,12,14H,3,9H2,1-2H3. The van der Waals surface area contributed by atoms with E-state index in [1.165, 1.54) is 0 Å². The van der Waals surface area contributed by atoms with Gasteiger partial charge in [0.25, 0.3) is 0 Å². The maximum Gasteiger partial charge on any atom is 0.328 e. The van der Waals surface area contributed by atoms with Crippen LogP contribution in [0.25, 0.3) is 0 Å². The highest BCUT2D eigenvalue weighted by Crippen LogP contribution is 2.15. The first-order valence-corrected chi connectivity index (χ1v) is 7.83. The summed E-state index contributed by atoms with van der Waals surface area (Å²) in [5, 5.41) is 0. The number of hydrogen-bond acceptors (Lipinski definition) is 6. The molecule has 116 valence electrons. The van der Waals surface area contributed by atoms with Gasteiger partial charge in [-0.25, -0.2) is 13.2 Å². The van der Waals surface area contributed by atoms with Crippen LogP contribution in [0.2, 0.25) is 0 Å². The van der Waals surface area contributed by atoms with Gasteiger partial charge in [-0.2, -0.15) is 4.72 Å². The van der Waals surface area contributed by atoms with Gasteiger partial charge in [-0.05, 0) is 12.5 Å². The number of benzene rings is 1. The molecule has 21 heavy (non-hydrogen) atoms. The summed E-state index contributed by atoms with van der Waals surface area (Å²) in [7, 11) is -2.88. The first kappa shape index (κ1) is 17.1. The van der Waals surface area contributed by atoms with E-state index in [1.807, 2.05) is 0 Å². The predicted molar refractivity (Wildman–Crippen MR) is 74.8 cm³/mol. The number of ether oxygens (including phenoxy) is 2. The maximum absolute atomic E-state index is 11.9. The second-order valence-electron chi connectivity index (χ2n) is 4.05. The second-order valence-corrected chi connectivity index (χ2v) is 5.80. The largest absolute Gasteiger partial charge is 0.468 e. The molecule has 1 aromatic rings. The van der Waals surface area contributed by atoms with Crippen molar-refractivity contribution < 1.29 is 27.5 Å². The average Bonchev–Trinajstić information content (AvgIpc) is 2.44. The van der Waals surface area contributed by atoms with Gasteiger partial charge in [0, 0.05) is 0 Å². The highest BCUT2D eigenvalue weighted by atomic mass is 32.2. The Hall–Kier alpha value is -1.93. The lowest BCUT2D eigenvalue weighted by molar-refractivity contribution is -0.143. The minimum absolute atomic E-state index is 0.0769. The van der Waals surface area contributed by atoms with Gasteiger partial charge in [-0.15, -0.1) is 0 Å². The van der Waals surface area contributed by atoms with Gasteiger partial charge < -0.3 is 9.47 Å². The van der Waals surface area contributed by atoms with Crippen molar-refractivity contribution in [1.82, 2.24) is 4.72 Å². The third-order valence-corrected chi connectivity index (χ3v) is 3.69. The fourth-order valence-corrected chi connectivity index (χ4v) is 2.66. The van der Waals surface area contributed by atoms with Crippen molar-refractivity contribution in [3.8, 4) is 0 Å². The van der Waals surface area contributed by atoms with Crippen molar-refractivity contribution in [2.45, 2.75) is 13.0 Å². The fraction of sp³-hybridized carbons (Fsp3) is 0.385. The Morgan fingerprint density at radius 3 is 2.38 bits per heavy atom. The molecule has 0 saturated heterocycles. The summed E-state index contributed by atoms with van der Waals surface area (Å²) < 4.78 is 35.1. The molecule has 0 aliphatic carbocycles. The quantitative estimate of drug-likeness (QED) is 0.731. The number of methoxy groups -OCH3 is 1. The summed E-state index contributed by atoms with van der Waals surface area (Å²) in [6.07, 6.45) is 0. The predicted octanol–water partition coefficient (Wildman–Crippen LogP) is 0.383. The molecule has 0 heterocycles. The lowest BCUT2D eigenvalue weighted by atomic mass is 10.1. The average molecular weight is 315 g/mol. The van der Waals surface area contributed by atoms with Crippen molar-refractivity contribution in [3.05, 3.63) is 35.9 Å². The van der Waals surface area contributed by atoms with Crippen molar-refractivity contribution >= 4 is 22.0 Å². The molecule has 0 radical (unpaired) electrons. The molecule has 0 bridgehead atoms. The van der Waals surface area contributed by atoms with E-state index in [0.29, 0.717) is 5.56 Å². The van der Waals surface area contributed by atoms with Crippen LogP contribution in [0.15, 0.2) is 30.3 Å². The first-order valence-electron chi connectivity index (χ1n) is 6.18. The van der Waals surface area contributed by atoms with Crippen LogP contribution in [0, 0.1) is 0 Å². The summed E-state index contributed by atoms with van der Waals surface area (Å²) in [4.78, 5) is 23.0. The van der Waals surface area contributed by atoms with Crippen molar-refractivity contribution in [2.75, 3.05) is 19.5 Å². The zero-order chi connectivity index (χ0) is 15.9. The summed E-state index contributed by atoms with van der Waals surface area (Å²) in [6, 6.07) is 6.99. The van der Waals surface area contributed by atoms with E-state index < -0.39 is 33.8 Å². The minimum atomic E-state index is -4.03. The Bertz CT molecular complexity index is 584. The highest BCUT2D eigenvalue weighted by molar-refractivity contribution is 7.90. The molecule has 0 spiro atoms. The van der Waals surface area contributed by atoms with Crippen LogP contribution >= 0.6 is 0 Å². The second kappa shape index (κ2) is 7.75. The fourth-order valence-electron chi connectivity index (χ4n) is 1.59. The summed E-state index contributed by atoms with van der Waals surface area (Å²) in [5.74, 6) is -2.52. The van der Waals surface area contributed by atoms with Crippen LogP contribution in [-0.4, -0.2) is 39.8 Å².